The van der Waals surface area contributed by atoms with E-state index >= 15 is 0 Å². The van der Waals surface area contributed by atoms with Gasteiger partial charge in [0.15, 0.2) is 0 Å². The molecule has 0 aliphatic heterocycles. The van der Waals surface area contributed by atoms with Gasteiger partial charge in [0.2, 0.25) is 0 Å². The molecule has 0 amide bonds. The second-order valence-corrected chi connectivity index (χ2v) is 5.98. The lowest BCUT2D eigenvalue weighted by Gasteiger charge is -2.13. The van der Waals surface area contributed by atoms with Crippen molar-refractivity contribution in [3.8, 4) is 11.5 Å². The van der Waals surface area contributed by atoms with E-state index < -0.39 is 0 Å². The van der Waals surface area contributed by atoms with Gasteiger partial charge in [-0.2, -0.15) is 0 Å². The normalized spacial score (nSPS) is 10.8. The molecule has 4 heteroatoms. The third-order valence-corrected chi connectivity index (χ3v) is 3.25. The maximum absolute atomic E-state index is 5.92. The maximum atomic E-state index is 5.92. The molecule has 0 saturated carbocycles. The first kappa shape index (κ1) is 15.0. The average molecular weight is 335 g/mol. The van der Waals surface area contributed by atoms with Crippen LogP contribution in [0.15, 0.2) is 47.2 Å². The zero-order valence-electron chi connectivity index (χ0n) is 11.8. The summed E-state index contributed by atoms with van der Waals surface area (Å²) in [6.45, 7) is 6.17. The molecule has 1 aromatic heterocycles. The molecule has 106 valence electrons. The van der Waals surface area contributed by atoms with E-state index in [4.69, 9.17) is 4.74 Å². The maximum Gasteiger partial charge on any atom is 0.145 e. The highest BCUT2D eigenvalue weighted by molar-refractivity contribution is 9.10. The summed E-state index contributed by atoms with van der Waals surface area (Å²) in [5.74, 6) is 2.23. The summed E-state index contributed by atoms with van der Waals surface area (Å²) in [7, 11) is 0. The van der Waals surface area contributed by atoms with Crippen LogP contribution in [0.2, 0.25) is 0 Å². The van der Waals surface area contributed by atoms with Gasteiger partial charge in [-0.1, -0.05) is 35.8 Å². The largest absolute Gasteiger partial charge is 0.455 e. The smallest absolute Gasteiger partial charge is 0.145 e. The minimum atomic E-state index is 0.633. The Morgan fingerprint density at radius 2 is 2.15 bits per heavy atom. The predicted molar refractivity (Wildman–Crippen MR) is 85.0 cm³/mol. The molecule has 0 atom stereocenters. The molecule has 1 heterocycles. The highest BCUT2D eigenvalue weighted by atomic mass is 79.9. The summed E-state index contributed by atoms with van der Waals surface area (Å²) in [5, 5.41) is 3.44. The number of halogens is 1. The van der Waals surface area contributed by atoms with Crippen LogP contribution in [0, 0.1) is 5.92 Å². The molecule has 0 aliphatic carbocycles. The lowest BCUT2D eigenvalue weighted by molar-refractivity contribution is 0.466. The van der Waals surface area contributed by atoms with Crippen molar-refractivity contribution in [1.29, 1.82) is 0 Å². The van der Waals surface area contributed by atoms with Crippen LogP contribution in [0.25, 0.3) is 0 Å². The van der Waals surface area contributed by atoms with E-state index in [0.29, 0.717) is 5.92 Å². The second-order valence-electron chi connectivity index (χ2n) is 5.07. The fourth-order valence-electron chi connectivity index (χ4n) is 1.80. The van der Waals surface area contributed by atoms with Crippen LogP contribution in [-0.4, -0.2) is 11.5 Å². The van der Waals surface area contributed by atoms with Gasteiger partial charge in [0.25, 0.3) is 0 Å². The van der Waals surface area contributed by atoms with Crippen LogP contribution in [0.5, 0.6) is 11.5 Å². The summed E-state index contributed by atoms with van der Waals surface area (Å²) in [4.78, 5) is 4.07. The molecule has 2 aromatic rings. The Hall–Kier alpha value is -1.39. The van der Waals surface area contributed by atoms with E-state index in [-0.39, 0.29) is 0 Å². The zero-order valence-corrected chi connectivity index (χ0v) is 13.4. The number of nitrogens with zero attached hydrogens (tertiary/aromatic N) is 1. The SMILES string of the molecule is CC(C)CNCc1ccc(Br)cc1Oc1cccnc1. The number of ether oxygens (including phenoxy) is 1. The minimum absolute atomic E-state index is 0.633. The average Bonchev–Trinajstić information content (AvgIpc) is 2.42. The van der Waals surface area contributed by atoms with E-state index in [9.17, 15) is 0 Å². The first-order valence-electron chi connectivity index (χ1n) is 6.72. The van der Waals surface area contributed by atoms with E-state index in [0.717, 1.165) is 34.6 Å². The minimum Gasteiger partial charge on any atom is -0.455 e. The van der Waals surface area contributed by atoms with Crippen molar-refractivity contribution >= 4 is 15.9 Å². The van der Waals surface area contributed by atoms with Crippen LogP contribution in [0.4, 0.5) is 0 Å². The Bertz CT molecular complexity index is 543. The Morgan fingerprint density at radius 1 is 1.30 bits per heavy atom. The van der Waals surface area contributed by atoms with Crippen molar-refractivity contribution in [3.63, 3.8) is 0 Å². The lowest BCUT2D eigenvalue weighted by Crippen LogP contribution is -2.19. The van der Waals surface area contributed by atoms with Crippen LogP contribution < -0.4 is 10.1 Å². The van der Waals surface area contributed by atoms with Crippen molar-refractivity contribution in [3.05, 3.63) is 52.8 Å². The van der Waals surface area contributed by atoms with Gasteiger partial charge in [0, 0.05) is 22.8 Å². The molecule has 0 spiro atoms. The molecule has 3 nitrogen and oxygen atoms in total. The molecule has 0 unspecified atom stereocenters. The van der Waals surface area contributed by atoms with E-state index in [1.807, 2.05) is 24.3 Å². The Balaban J connectivity index is 2.11. The van der Waals surface area contributed by atoms with Crippen molar-refractivity contribution in [1.82, 2.24) is 10.3 Å². The highest BCUT2D eigenvalue weighted by Crippen LogP contribution is 2.28. The van der Waals surface area contributed by atoms with Gasteiger partial charge in [0.05, 0.1) is 6.20 Å². The van der Waals surface area contributed by atoms with Gasteiger partial charge in [-0.15, -0.1) is 0 Å². The van der Waals surface area contributed by atoms with E-state index in [1.54, 1.807) is 12.4 Å². The molecule has 0 radical (unpaired) electrons. The van der Waals surface area contributed by atoms with E-state index in [2.05, 4.69) is 46.1 Å². The molecule has 20 heavy (non-hydrogen) atoms. The molecule has 0 bridgehead atoms. The summed E-state index contributed by atoms with van der Waals surface area (Å²) in [6, 6.07) is 9.86. The molecule has 1 N–H and O–H groups in total. The van der Waals surface area contributed by atoms with Gasteiger partial charge < -0.3 is 10.1 Å². The van der Waals surface area contributed by atoms with Crippen LogP contribution in [0.3, 0.4) is 0 Å². The Labute approximate surface area is 128 Å². The van der Waals surface area contributed by atoms with Crippen LogP contribution in [0.1, 0.15) is 19.4 Å². The molecular weight excluding hydrogens is 316 g/mol. The van der Waals surface area contributed by atoms with Crippen molar-refractivity contribution in [2.75, 3.05) is 6.54 Å². The van der Waals surface area contributed by atoms with Crippen LogP contribution >= 0.6 is 15.9 Å². The molecule has 0 saturated heterocycles. The van der Waals surface area contributed by atoms with Crippen molar-refractivity contribution < 1.29 is 4.74 Å². The van der Waals surface area contributed by atoms with Gasteiger partial charge in [-0.05, 0) is 36.7 Å². The number of benzene rings is 1. The summed E-state index contributed by atoms with van der Waals surface area (Å²) in [5.41, 5.74) is 1.14. The van der Waals surface area contributed by atoms with Crippen LogP contribution in [-0.2, 0) is 6.54 Å². The first-order valence-corrected chi connectivity index (χ1v) is 7.51. The fraction of sp³-hybridized carbons (Fsp3) is 0.312. The predicted octanol–water partition coefficient (Wildman–Crippen LogP) is 4.38. The Morgan fingerprint density at radius 3 is 2.85 bits per heavy atom. The quantitative estimate of drug-likeness (QED) is 0.851. The second kappa shape index (κ2) is 7.41. The van der Waals surface area contributed by atoms with Gasteiger partial charge in [-0.3, -0.25) is 4.98 Å². The van der Waals surface area contributed by atoms with Gasteiger partial charge >= 0.3 is 0 Å². The molecule has 2 rings (SSSR count). The summed E-state index contributed by atoms with van der Waals surface area (Å²) >= 11 is 3.49. The summed E-state index contributed by atoms with van der Waals surface area (Å²) in [6.07, 6.45) is 3.45. The molecular formula is C16H19BrN2O. The summed E-state index contributed by atoms with van der Waals surface area (Å²) < 4.78 is 6.92. The fourth-order valence-corrected chi connectivity index (χ4v) is 2.14. The number of aromatic nitrogens is 1. The molecule has 0 fully saturated rings. The topological polar surface area (TPSA) is 34.1 Å². The number of rotatable bonds is 6. The monoisotopic (exact) mass is 334 g/mol. The zero-order chi connectivity index (χ0) is 14.4. The van der Waals surface area contributed by atoms with Crippen molar-refractivity contribution in [2.45, 2.75) is 20.4 Å². The van der Waals surface area contributed by atoms with Crippen molar-refractivity contribution in [2.24, 2.45) is 5.92 Å². The lowest BCUT2D eigenvalue weighted by atomic mass is 10.2. The molecule has 0 aliphatic rings. The van der Waals surface area contributed by atoms with E-state index in [1.165, 1.54) is 0 Å². The number of nitrogens with one attached hydrogen (secondary N) is 1. The first-order chi connectivity index (χ1) is 9.65. The highest BCUT2D eigenvalue weighted by Gasteiger charge is 2.06. The third kappa shape index (κ3) is 4.62. The standard InChI is InChI=1S/C16H19BrN2O/c1-12(2)9-19-10-13-5-6-14(17)8-16(13)20-15-4-3-7-18-11-15/h3-8,11-12,19H,9-10H2,1-2H3. The Kier molecular flexibility index (Phi) is 5.56. The number of pyridine rings is 1. The number of hydrogen-bond acceptors (Lipinski definition) is 3. The molecule has 1 aromatic carbocycles. The van der Waals surface area contributed by atoms with Gasteiger partial charge in [0.1, 0.15) is 11.5 Å². The van der Waals surface area contributed by atoms with Gasteiger partial charge in [-0.25, -0.2) is 0 Å². The number of hydrogen-bond donors (Lipinski definition) is 1. The third-order valence-electron chi connectivity index (χ3n) is 2.76.